The molecule has 0 bridgehead atoms. The predicted molar refractivity (Wildman–Crippen MR) is 313 cm³/mol. The number of Topliss-reactive ketones (excluding diaryl/α,β-unsaturated/α-hetero) is 2. The van der Waals surface area contributed by atoms with E-state index in [9.17, 15) is 29.4 Å². The summed E-state index contributed by atoms with van der Waals surface area (Å²) in [5.74, 6) is 2.65. The summed E-state index contributed by atoms with van der Waals surface area (Å²) in [5, 5.41) is 22.6. The van der Waals surface area contributed by atoms with Gasteiger partial charge in [0.05, 0.1) is 45.7 Å². The zero-order valence-corrected chi connectivity index (χ0v) is 49.4. The number of urea groups is 1. The number of carbonyl (C=O) groups excluding carboxylic acids is 4. The molecule has 78 heavy (non-hydrogen) atoms. The largest absolute Gasteiger partial charge is 0.489 e. The lowest BCUT2D eigenvalue weighted by molar-refractivity contribution is 0.0944. The van der Waals surface area contributed by atoms with E-state index in [2.05, 4.69) is 32.1 Å². The summed E-state index contributed by atoms with van der Waals surface area (Å²) in [6.07, 6.45) is 8.47. The number of primary amides is 1. The molecule has 0 aliphatic carbocycles. The second kappa shape index (κ2) is 30.6. The molecule has 7 N–H and O–H groups in total. The first-order valence-corrected chi connectivity index (χ1v) is 30.4. The van der Waals surface area contributed by atoms with Crippen molar-refractivity contribution in [1.82, 2.24) is 24.4 Å². The Balaban J connectivity index is 0.000000300. The minimum absolute atomic E-state index is 0.00307. The van der Waals surface area contributed by atoms with Gasteiger partial charge in [0, 0.05) is 74.8 Å². The van der Waals surface area contributed by atoms with E-state index in [0.717, 1.165) is 39.5 Å². The molecule has 16 nitrogen and oxygen atoms in total. The van der Waals surface area contributed by atoms with Gasteiger partial charge >= 0.3 is 6.03 Å². The van der Waals surface area contributed by atoms with Crippen LogP contribution < -0.4 is 26.3 Å². The van der Waals surface area contributed by atoms with Crippen LogP contribution >= 0.6 is 23.2 Å². The smallest absolute Gasteiger partial charge is 0.312 e. The molecule has 19 heteroatoms. The SMILES string of the molecule is CC(C)Oc1ccc(C(=O)C[C@H](CCO)Cc2ccc(-c3cn(C)c(C(C)N)n3)cc2)cc1Cl.CC(C)Oc1ccc(C(=O)C[C@H](CCO)Cc2ccc(-c3cn(C)c(C(C)NC(N)=O)n3)cc2)cc1Cl.C[Si](C)(C)N=C=O. The van der Waals surface area contributed by atoms with Crippen LogP contribution in [-0.2, 0) is 31.7 Å². The van der Waals surface area contributed by atoms with E-state index in [1.54, 1.807) is 42.5 Å². The first kappa shape index (κ1) is 64.1. The molecule has 4 aromatic carbocycles. The third kappa shape index (κ3) is 20.7. The summed E-state index contributed by atoms with van der Waals surface area (Å²) in [6.45, 7) is 17.4. The van der Waals surface area contributed by atoms with Crippen LogP contribution in [-0.4, -0.2) is 86.6 Å². The van der Waals surface area contributed by atoms with E-state index in [1.807, 2.05) is 133 Å². The second-order valence-corrected chi connectivity index (χ2v) is 26.4. The fourth-order valence-electron chi connectivity index (χ4n) is 8.49. The van der Waals surface area contributed by atoms with Crippen LogP contribution in [0.25, 0.3) is 22.5 Å². The van der Waals surface area contributed by atoms with E-state index in [-0.39, 0.29) is 60.9 Å². The number of hydrogen-bond donors (Lipinski definition) is 5. The standard InChI is InChI=1S/C28H35ClN4O4.C27H34ClN3O3.C4H9NOSi/c1-17(2)37-26-10-9-22(15-23(26)29)25(35)14-20(11-12-34)13-19-5-7-21(8-6-19)24-16-33(4)27(32-24)18(3)31-28(30)36;1-17(2)34-26-10-9-22(15-23(26)28)25(33)14-20(11-12-32)13-19-5-7-21(8-6-19)24-16-31(4)27(30-24)18(3)29;1-7(2,3)5-4-6/h5-10,15-18,20,34H,11-14H2,1-4H3,(H3,30,31,36);5-10,15-18,20,32H,11-14,29H2,1-4H3;1-3H3/t2*18?,20-;/m11./s1. The van der Waals surface area contributed by atoms with Crippen LogP contribution in [0, 0.1) is 11.8 Å². The summed E-state index contributed by atoms with van der Waals surface area (Å²) < 4.78 is 18.7. The molecule has 0 saturated carbocycles. The number of halogens is 2. The van der Waals surface area contributed by atoms with Crippen LogP contribution in [0.15, 0.2) is 102 Å². The van der Waals surface area contributed by atoms with Crippen molar-refractivity contribution in [3.05, 3.63) is 141 Å². The highest BCUT2D eigenvalue weighted by Crippen LogP contribution is 2.31. The zero-order chi connectivity index (χ0) is 57.9. The minimum Gasteiger partial charge on any atom is -0.489 e. The molecule has 0 radical (unpaired) electrons. The van der Waals surface area contributed by atoms with Gasteiger partial charge in [-0.15, -0.1) is 0 Å². The van der Waals surface area contributed by atoms with Crippen molar-refractivity contribution in [2.75, 3.05) is 13.2 Å². The highest BCUT2D eigenvalue weighted by molar-refractivity contribution is 6.74. The van der Waals surface area contributed by atoms with E-state index in [1.165, 1.54) is 0 Å². The maximum Gasteiger partial charge on any atom is 0.312 e. The fourth-order valence-corrected chi connectivity index (χ4v) is 9.22. The normalized spacial score (nSPS) is 12.7. The van der Waals surface area contributed by atoms with Crippen LogP contribution in [0.4, 0.5) is 4.79 Å². The highest BCUT2D eigenvalue weighted by atomic mass is 35.5. The van der Waals surface area contributed by atoms with E-state index in [0.29, 0.717) is 77.0 Å². The molecule has 0 aliphatic heterocycles. The van der Waals surface area contributed by atoms with Crippen molar-refractivity contribution in [3.8, 4) is 34.0 Å². The Morgan fingerprint density at radius 3 is 1.38 bits per heavy atom. The quantitative estimate of drug-likeness (QED) is 0.0165. The predicted octanol–water partition coefficient (Wildman–Crippen LogP) is 11.6. The lowest BCUT2D eigenvalue weighted by Gasteiger charge is -2.16. The number of ether oxygens (including phenoxy) is 2. The topological polar surface area (TPSA) is 239 Å². The van der Waals surface area contributed by atoms with Crippen molar-refractivity contribution < 1.29 is 38.9 Å². The number of aliphatic hydroxyl groups excluding tert-OH is 2. The number of hydrogen-bond acceptors (Lipinski definition) is 12. The number of rotatable bonds is 24. The molecular weight excluding hydrogens is 1050 g/mol. The van der Waals surface area contributed by atoms with Gasteiger partial charge in [-0.2, -0.15) is 0 Å². The number of aryl methyl sites for hydroxylation is 2. The molecule has 4 atom stereocenters. The van der Waals surface area contributed by atoms with Crippen molar-refractivity contribution in [2.24, 2.45) is 42.1 Å². The number of ketones is 2. The lowest BCUT2D eigenvalue weighted by Crippen LogP contribution is -2.32. The van der Waals surface area contributed by atoms with Gasteiger partial charge in [-0.3, -0.25) is 9.59 Å². The molecule has 6 aromatic rings. The number of carbonyl (C=O) groups is 3. The van der Waals surface area contributed by atoms with Gasteiger partial charge in [0.1, 0.15) is 23.1 Å². The number of aliphatic hydroxyl groups is 2. The first-order chi connectivity index (χ1) is 36.8. The molecule has 2 amide bonds. The highest BCUT2D eigenvalue weighted by Gasteiger charge is 2.21. The van der Waals surface area contributed by atoms with Crippen molar-refractivity contribution in [3.63, 3.8) is 0 Å². The van der Waals surface area contributed by atoms with Gasteiger partial charge in [0.2, 0.25) is 6.08 Å². The number of imidazole rings is 2. The molecule has 0 aliphatic rings. The van der Waals surface area contributed by atoms with Gasteiger partial charge in [-0.1, -0.05) is 71.7 Å². The number of nitrogens with two attached hydrogens (primary N) is 2. The summed E-state index contributed by atoms with van der Waals surface area (Å²) in [5.41, 5.74) is 18.1. The van der Waals surface area contributed by atoms with E-state index < -0.39 is 14.3 Å². The van der Waals surface area contributed by atoms with Gasteiger partial charge in [0.25, 0.3) is 0 Å². The Hall–Kier alpha value is -6.43. The molecular formula is C59H78Cl2N8O8Si. The Bertz CT molecular complexity index is 2950. The van der Waals surface area contributed by atoms with Gasteiger partial charge in [-0.05, 0) is 146 Å². The monoisotopic (exact) mass is 1120 g/mol. The van der Waals surface area contributed by atoms with Crippen molar-refractivity contribution >= 4 is 55.1 Å². The number of nitrogens with zero attached hydrogens (tertiary/aromatic N) is 5. The Kier molecular flexibility index (Phi) is 25.2. The van der Waals surface area contributed by atoms with E-state index in [4.69, 9.17) is 44.1 Å². The summed E-state index contributed by atoms with van der Waals surface area (Å²) in [7, 11) is 2.36. The lowest BCUT2D eigenvalue weighted by atomic mass is 9.89. The van der Waals surface area contributed by atoms with Crippen LogP contribution in [0.1, 0.15) is 123 Å². The van der Waals surface area contributed by atoms with Gasteiger partial charge in [-0.25, -0.2) is 24.2 Å². The molecule has 2 unspecified atom stereocenters. The molecule has 420 valence electrons. The number of isocyanates is 1. The number of aromatic nitrogens is 4. The maximum absolute atomic E-state index is 13.0. The minimum atomic E-state index is -1.46. The summed E-state index contributed by atoms with van der Waals surface area (Å²) in [6, 6.07) is 25.4. The molecule has 0 spiro atoms. The summed E-state index contributed by atoms with van der Waals surface area (Å²) >= 11 is 12.6. The van der Waals surface area contributed by atoms with E-state index >= 15 is 0 Å². The Labute approximate surface area is 470 Å². The average Bonchev–Trinajstić information content (AvgIpc) is 3.97. The molecule has 0 fully saturated rings. The molecule has 0 saturated heterocycles. The van der Waals surface area contributed by atoms with Gasteiger partial charge < -0.3 is 45.6 Å². The summed E-state index contributed by atoms with van der Waals surface area (Å²) in [4.78, 5) is 55.9. The van der Waals surface area contributed by atoms with Gasteiger partial charge in [0.15, 0.2) is 19.8 Å². The zero-order valence-electron chi connectivity index (χ0n) is 46.8. The van der Waals surface area contributed by atoms with Crippen LogP contribution in [0.2, 0.25) is 29.7 Å². The molecule has 2 aromatic heterocycles. The average molecular weight is 1130 g/mol. The van der Waals surface area contributed by atoms with Crippen LogP contribution in [0.5, 0.6) is 11.5 Å². The number of nitrogens with one attached hydrogen (secondary N) is 1. The molecule has 6 rings (SSSR count). The Morgan fingerprint density at radius 2 is 1.08 bits per heavy atom. The third-order valence-corrected chi connectivity index (χ3v) is 13.5. The first-order valence-electron chi connectivity index (χ1n) is 26.2. The maximum atomic E-state index is 13.0. The second-order valence-electron chi connectivity index (χ2n) is 21.0. The number of amides is 2. The van der Waals surface area contributed by atoms with Crippen molar-refractivity contribution in [2.45, 2.75) is 124 Å². The number of benzene rings is 4. The van der Waals surface area contributed by atoms with Crippen LogP contribution in [0.3, 0.4) is 0 Å². The third-order valence-electron chi connectivity index (χ3n) is 12.2. The fraction of sp³-hybridized carbons (Fsp3) is 0.424. The Morgan fingerprint density at radius 1 is 0.679 bits per heavy atom. The van der Waals surface area contributed by atoms with Crippen molar-refractivity contribution in [1.29, 1.82) is 0 Å². The molecule has 2 heterocycles.